The third kappa shape index (κ3) is 4.32. The molecule has 0 amide bonds. The van der Waals surface area contributed by atoms with Crippen molar-refractivity contribution in [2.75, 3.05) is 13.7 Å². The second-order valence-corrected chi connectivity index (χ2v) is 9.44. The average molecular weight is 340 g/mol. The molecule has 0 saturated carbocycles. The zero-order chi connectivity index (χ0) is 17.4. The lowest BCUT2D eigenvalue weighted by molar-refractivity contribution is -0.110. The van der Waals surface area contributed by atoms with Crippen molar-refractivity contribution in [1.82, 2.24) is 9.79 Å². The molecule has 6 heteroatoms. The predicted molar refractivity (Wildman–Crippen MR) is 92.6 cm³/mol. The van der Waals surface area contributed by atoms with Crippen LogP contribution in [0.25, 0.3) is 0 Å². The normalized spacial score (nSPS) is 23.6. The molecule has 0 aliphatic carbocycles. The van der Waals surface area contributed by atoms with E-state index in [0.717, 1.165) is 5.56 Å². The summed E-state index contributed by atoms with van der Waals surface area (Å²) >= 11 is 0. The molecule has 1 aromatic rings. The fraction of sp³-hybridized carbons (Fsp3) is 0.647. The highest BCUT2D eigenvalue weighted by atomic mass is 32.2. The molecule has 1 N–H and O–H groups in total. The van der Waals surface area contributed by atoms with Gasteiger partial charge in [0.25, 0.3) is 0 Å². The molecule has 1 saturated heterocycles. The van der Waals surface area contributed by atoms with E-state index < -0.39 is 20.8 Å². The first-order valence-corrected chi connectivity index (χ1v) is 9.54. The highest BCUT2D eigenvalue weighted by Gasteiger charge is 2.44. The van der Waals surface area contributed by atoms with Crippen LogP contribution in [0.1, 0.15) is 57.7 Å². The summed E-state index contributed by atoms with van der Waals surface area (Å²) in [5.74, 6) is 0.448. The van der Waals surface area contributed by atoms with Gasteiger partial charge in [-0.3, -0.25) is 4.84 Å². The molecular weight excluding hydrogens is 312 g/mol. The Bertz CT molecular complexity index is 633. The van der Waals surface area contributed by atoms with E-state index in [-0.39, 0.29) is 12.6 Å². The molecule has 0 aromatic heterocycles. The van der Waals surface area contributed by atoms with Gasteiger partial charge in [0.05, 0.1) is 12.6 Å². The van der Waals surface area contributed by atoms with Crippen LogP contribution in [0.5, 0.6) is 0 Å². The Morgan fingerprint density at radius 1 is 1.22 bits per heavy atom. The zero-order valence-electron chi connectivity index (χ0n) is 14.8. The fourth-order valence-corrected chi connectivity index (χ4v) is 4.77. The first-order chi connectivity index (χ1) is 10.5. The van der Waals surface area contributed by atoms with Crippen LogP contribution < -0.4 is 4.72 Å². The first-order valence-electron chi connectivity index (χ1n) is 7.99. The van der Waals surface area contributed by atoms with Crippen LogP contribution in [0.3, 0.4) is 0 Å². The highest BCUT2D eigenvalue weighted by molar-refractivity contribution is 7.90. The molecule has 0 unspecified atom stereocenters. The van der Waals surface area contributed by atoms with E-state index in [1.807, 2.05) is 32.9 Å². The monoisotopic (exact) mass is 340 g/mol. The van der Waals surface area contributed by atoms with Gasteiger partial charge in [-0.2, -0.15) is 5.06 Å². The molecule has 2 atom stereocenters. The minimum atomic E-state index is -3.49. The number of hydrogen-bond donors (Lipinski definition) is 1. The molecule has 5 nitrogen and oxygen atoms in total. The second-order valence-electron chi connectivity index (χ2n) is 7.54. The third-order valence-electron chi connectivity index (χ3n) is 3.98. The molecule has 130 valence electrons. The van der Waals surface area contributed by atoms with Crippen LogP contribution in [0.4, 0.5) is 0 Å². The summed E-state index contributed by atoms with van der Waals surface area (Å²) in [4.78, 5) is 5.53. The number of nitrogens with one attached hydrogen (secondary N) is 1. The van der Waals surface area contributed by atoms with Gasteiger partial charge in [0.2, 0.25) is 10.0 Å². The molecule has 1 fully saturated rings. The van der Waals surface area contributed by atoms with Gasteiger partial charge in [-0.1, -0.05) is 38.1 Å². The van der Waals surface area contributed by atoms with E-state index in [9.17, 15) is 8.42 Å². The Morgan fingerprint density at radius 2 is 1.78 bits per heavy atom. The second kappa shape index (κ2) is 6.51. The van der Waals surface area contributed by atoms with Crippen molar-refractivity contribution in [3.8, 4) is 0 Å². The van der Waals surface area contributed by atoms with Crippen LogP contribution in [0.2, 0.25) is 0 Å². The Labute approximate surface area is 140 Å². The summed E-state index contributed by atoms with van der Waals surface area (Å²) in [5, 5.41) is 1.02. The summed E-state index contributed by atoms with van der Waals surface area (Å²) in [6.45, 7) is 9.97. The predicted octanol–water partition coefficient (Wildman–Crippen LogP) is 2.81. The highest BCUT2D eigenvalue weighted by Crippen LogP contribution is 2.34. The van der Waals surface area contributed by atoms with Gasteiger partial charge in [-0.25, -0.2) is 13.1 Å². The maximum Gasteiger partial charge on any atom is 0.219 e. The summed E-state index contributed by atoms with van der Waals surface area (Å²) < 4.78 is 28.2. The Kier molecular flexibility index (Phi) is 5.21. The van der Waals surface area contributed by atoms with Crippen LogP contribution >= 0.6 is 0 Å². The van der Waals surface area contributed by atoms with E-state index >= 15 is 0 Å². The Hall–Kier alpha value is -0.950. The lowest BCUT2D eigenvalue weighted by Crippen LogP contribution is -2.47. The maximum absolute atomic E-state index is 12.7. The molecule has 2 rings (SSSR count). The summed E-state index contributed by atoms with van der Waals surface area (Å²) in [6.07, 6.45) is 0. The topological polar surface area (TPSA) is 58.6 Å². The fourth-order valence-electron chi connectivity index (χ4n) is 2.86. The number of nitrogens with zero attached hydrogens (tertiary/aromatic N) is 1. The van der Waals surface area contributed by atoms with Gasteiger partial charge >= 0.3 is 0 Å². The lowest BCUT2D eigenvalue weighted by Gasteiger charge is -2.27. The van der Waals surface area contributed by atoms with Crippen LogP contribution in [-0.4, -0.2) is 37.9 Å². The first kappa shape index (κ1) is 18.4. The molecule has 1 aliphatic rings. The largest absolute Gasteiger partial charge is 0.297 e. The van der Waals surface area contributed by atoms with Crippen LogP contribution in [-0.2, 0) is 14.9 Å². The molecule has 0 spiro atoms. The van der Waals surface area contributed by atoms with Crippen molar-refractivity contribution < 1.29 is 13.3 Å². The van der Waals surface area contributed by atoms with Gasteiger partial charge in [-0.05, 0) is 37.8 Å². The molecular formula is C17H28N2O3S. The van der Waals surface area contributed by atoms with Gasteiger partial charge < -0.3 is 0 Å². The molecule has 0 bridgehead atoms. The van der Waals surface area contributed by atoms with Crippen LogP contribution in [0.15, 0.2) is 24.3 Å². The van der Waals surface area contributed by atoms with Crippen molar-refractivity contribution >= 4 is 10.0 Å². The summed E-state index contributed by atoms with van der Waals surface area (Å²) in [7, 11) is -1.71. The van der Waals surface area contributed by atoms with Crippen molar-refractivity contribution in [2.24, 2.45) is 0 Å². The number of hydrogen-bond acceptors (Lipinski definition) is 4. The molecule has 1 heterocycles. The Morgan fingerprint density at radius 3 is 2.26 bits per heavy atom. The summed E-state index contributed by atoms with van der Waals surface area (Å²) in [6, 6.07) is 7.83. The minimum Gasteiger partial charge on any atom is -0.297 e. The SMILES string of the molecule is CC(C)c1ccc([C@H]2[C@H](S(=O)(=O)NC(C)(C)C)CON2C)cc1. The van der Waals surface area contributed by atoms with Gasteiger partial charge in [0.15, 0.2) is 0 Å². The average Bonchev–Trinajstić information content (AvgIpc) is 2.79. The third-order valence-corrected chi connectivity index (χ3v) is 6.07. The number of rotatable bonds is 4. The lowest BCUT2D eigenvalue weighted by atomic mass is 9.98. The summed E-state index contributed by atoms with van der Waals surface area (Å²) in [5.41, 5.74) is 1.69. The van der Waals surface area contributed by atoms with Gasteiger partial charge in [0, 0.05) is 12.6 Å². The van der Waals surface area contributed by atoms with Crippen molar-refractivity contribution in [3.63, 3.8) is 0 Å². The minimum absolute atomic E-state index is 0.165. The van der Waals surface area contributed by atoms with E-state index in [1.165, 1.54) is 5.56 Å². The van der Waals surface area contributed by atoms with Crippen molar-refractivity contribution in [3.05, 3.63) is 35.4 Å². The molecule has 23 heavy (non-hydrogen) atoms. The molecule has 0 radical (unpaired) electrons. The van der Waals surface area contributed by atoms with E-state index in [0.29, 0.717) is 5.92 Å². The van der Waals surface area contributed by atoms with E-state index in [4.69, 9.17) is 4.84 Å². The maximum atomic E-state index is 12.7. The van der Waals surface area contributed by atoms with Crippen molar-refractivity contribution in [2.45, 2.75) is 57.4 Å². The quantitative estimate of drug-likeness (QED) is 0.916. The van der Waals surface area contributed by atoms with Gasteiger partial charge in [-0.15, -0.1) is 0 Å². The number of hydroxylamine groups is 2. The smallest absolute Gasteiger partial charge is 0.219 e. The number of sulfonamides is 1. The Balaban J connectivity index is 2.31. The van der Waals surface area contributed by atoms with Crippen LogP contribution in [0, 0.1) is 0 Å². The van der Waals surface area contributed by atoms with E-state index in [1.54, 1.807) is 12.1 Å². The molecule has 1 aromatic carbocycles. The van der Waals surface area contributed by atoms with Gasteiger partial charge in [0.1, 0.15) is 5.25 Å². The van der Waals surface area contributed by atoms with Crippen molar-refractivity contribution in [1.29, 1.82) is 0 Å². The molecule has 1 aliphatic heterocycles. The number of benzene rings is 1. The zero-order valence-corrected chi connectivity index (χ0v) is 15.6. The van der Waals surface area contributed by atoms with E-state index in [2.05, 4.69) is 30.7 Å². The standard InChI is InChI=1S/C17H28N2O3S/c1-12(2)13-7-9-14(10-8-13)16-15(11-22-19(16)6)23(20,21)18-17(3,4)5/h7-10,12,15-16,18H,11H2,1-6H3/t15-,16+/m1/s1.